The molecule has 1 aliphatic rings. The van der Waals surface area contributed by atoms with Gasteiger partial charge in [-0.1, -0.05) is 12.1 Å². The molecule has 0 radical (unpaired) electrons. The van der Waals surface area contributed by atoms with Crippen molar-refractivity contribution < 1.29 is 18.0 Å². The van der Waals surface area contributed by atoms with Crippen molar-refractivity contribution in [1.29, 1.82) is 0 Å². The number of alkyl halides is 3. The summed E-state index contributed by atoms with van der Waals surface area (Å²) in [6, 6.07) is 10.3. The van der Waals surface area contributed by atoms with Gasteiger partial charge in [-0.05, 0) is 42.7 Å². The standard InChI is InChI=1S/C20H23F3N4O/c1-24-19(28)15-4-2-14(3-5-15)12-25-17-8-10-27(11-9-17)18-7-6-16(13-26-18)20(21,22)23/h2-7,13,17,25H,8-12H2,1H3,(H,24,28). The molecule has 0 unspecified atom stereocenters. The minimum absolute atomic E-state index is 0.108. The number of halogens is 3. The van der Waals surface area contributed by atoms with E-state index >= 15 is 0 Å². The Morgan fingerprint density at radius 2 is 1.82 bits per heavy atom. The van der Waals surface area contributed by atoms with Crippen LogP contribution >= 0.6 is 0 Å². The molecule has 5 nitrogen and oxygen atoms in total. The predicted octanol–water partition coefficient (Wildman–Crippen LogP) is 3.22. The van der Waals surface area contributed by atoms with Gasteiger partial charge in [0.1, 0.15) is 5.82 Å². The molecule has 1 aromatic heterocycles. The number of rotatable bonds is 5. The summed E-state index contributed by atoms with van der Waals surface area (Å²) >= 11 is 0. The molecule has 1 aliphatic heterocycles. The predicted molar refractivity (Wildman–Crippen MR) is 101 cm³/mol. The molecule has 1 amide bonds. The first-order valence-electron chi connectivity index (χ1n) is 9.19. The molecular weight excluding hydrogens is 369 g/mol. The zero-order chi connectivity index (χ0) is 20.1. The lowest BCUT2D eigenvalue weighted by atomic mass is 10.0. The van der Waals surface area contributed by atoms with E-state index in [2.05, 4.69) is 15.6 Å². The first-order chi connectivity index (χ1) is 13.4. The molecule has 0 spiro atoms. The second-order valence-electron chi connectivity index (χ2n) is 6.82. The van der Waals surface area contributed by atoms with Crippen LogP contribution in [0.1, 0.15) is 34.3 Å². The number of nitrogens with one attached hydrogen (secondary N) is 2. The third-order valence-electron chi connectivity index (χ3n) is 4.93. The molecule has 0 aliphatic carbocycles. The number of piperidine rings is 1. The number of hydrogen-bond acceptors (Lipinski definition) is 4. The zero-order valence-electron chi connectivity index (χ0n) is 15.6. The fourth-order valence-electron chi connectivity index (χ4n) is 3.23. The first kappa shape index (κ1) is 20.1. The molecule has 28 heavy (non-hydrogen) atoms. The molecule has 0 saturated carbocycles. The van der Waals surface area contributed by atoms with E-state index < -0.39 is 11.7 Å². The van der Waals surface area contributed by atoms with Crippen LogP contribution in [0.2, 0.25) is 0 Å². The lowest BCUT2D eigenvalue weighted by Gasteiger charge is -2.33. The first-order valence-corrected chi connectivity index (χ1v) is 9.19. The molecule has 1 aromatic carbocycles. The van der Waals surface area contributed by atoms with Crippen molar-refractivity contribution in [1.82, 2.24) is 15.6 Å². The van der Waals surface area contributed by atoms with E-state index in [1.165, 1.54) is 6.07 Å². The third-order valence-corrected chi connectivity index (χ3v) is 4.93. The molecule has 150 valence electrons. The van der Waals surface area contributed by atoms with Crippen LogP contribution in [0, 0.1) is 0 Å². The molecule has 2 heterocycles. The van der Waals surface area contributed by atoms with Gasteiger partial charge in [0.2, 0.25) is 0 Å². The highest BCUT2D eigenvalue weighted by Crippen LogP contribution is 2.29. The summed E-state index contributed by atoms with van der Waals surface area (Å²) in [5.41, 5.74) is 0.998. The van der Waals surface area contributed by atoms with Gasteiger partial charge in [-0.2, -0.15) is 13.2 Å². The maximum absolute atomic E-state index is 12.6. The highest BCUT2D eigenvalue weighted by molar-refractivity contribution is 5.93. The number of anilines is 1. The summed E-state index contributed by atoms with van der Waals surface area (Å²) in [7, 11) is 1.60. The molecule has 3 rings (SSSR count). The second-order valence-corrected chi connectivity index (χ2v) is 6.82. The van der Waals surface area contributed by atoms with Crippen LogP contribution in [-0.2, 0) is 12.7 Å². The highest BCUT2D eigenvalue weighted by Gasteiger charge is 2.31. The molecule has 2 N–H and O–H groups in total. The summed E-state index contributed by atoms with van der Waals surface area (Å²) in [6.07, 6.45) is -1.69. The number of benzene rings is 1. The van der Waals surface area contributed by atoms with Crippen LogP contribution in [0.25, 0.3) is 0 Å². The average Bonchev–Trinajstić information content (AvgIpc) is 2.72. The SMILES string of the molecule is CNC(=O)c1ccc(CNC2CCN(c3ccc(C(F)(F)F)cn3)CC2)cc1. The van der Waals surface area contributed by atoms with Crippen molar-refractivity contribution in [2.45, 2.75) is 31.6 Å². The lowest BCUT2D eigenvalue weighted by Crippen LogP contribution is -2.42. The van der Waals surface area contributed by atoms with E-state index in [0.717, 1.165) is 43.8 Å². The van der Waals surface area contributed by atoms with Crippen molar-refractivity contribution in [3.05, 3.63) is 59.3 Å². The van der Waals surface area contributed by atoms with Crippen molar-refractivity contribution in [2.75, 3.05) is 25.0 Å². The summed E-state index contributed by atoms with van der Waals surface area (Å²) in [4.78, 5) is 17.5. The zero-order valence-corrected chi connectivity index (χ0v) is 15.6. The smallest absolute Gasteiger partial charge is 0.357 e. The van der Waals surface area contributed by atoms with Crippen LogP contribution in [-0.4, -0.2) is 37.1 Å². The van der Waals surface area contributed by atoms with Gasteiger partial charge in [0, 0.05) is 44.5 Å². The maximum Gasteiger partial charge on any atom is 0.417 e. The van der Waals surface area contributed by atoms with Gasteiger partial charge < -0.3 is 15.5 Å². The summed E-state index contributed by atoms with van der Waals surface area (Å²) in [5.74, 6) is 0.472. The number of pyridine rings is 1. The quantitative estimate of drug-likeness (QED) is 0.821. The molecule has 2 aromatic rings. The van der Waals surface area contributed by atoms with Gasteiger partial charge in [-0.25, -0.2) is 4.98 Å². The summed E-state index contributed by atoms with van der Waals surface area (Å²) < 4.78 is 37.9. The van der Waals surface area contributed by atoms with Gasteiger partial charge in [-0.3, -0.25) is 4.79 Å². The topological polar surface area (TPSA) is 57.3 Å². The van der Waals surface area contributed by atoms with E-state index in [1.54, 1.807) is 19.2 Å². The number of carbonyl (C=O) groups excluding carboxylic acids is 1. The second kappa shape index (κ2) is 8.60. The number of nitrogens with zero attached hydrogens (tertiary/aromatic N) is 2. The highest BCUT2D eigenvalue weighted by atomic mass is 19.4. The minimum Gasteiger partial charge on any atom is -0.357 e. The molecule has 1 fully saturated rings. The van der Waals surface area contributed by atoms with Gasteiger partial charge in [0.15, 0.2) is 0 Å². The van der Waals surface area contributed by atoms with Gasteiger partial charge in [0.05, 0.1) is 5.56 Å². The number of hydrogen-bond donors (Lipinski definition) is 2. The van der Waals surface area contributed by atoms with E-state index in [9.17, 15) is 18.0 Å². The van der Waals surface area contributed by atoms with E-state index in [0.29, 0.717) is 24.0 Å². The van der Waals surface area contributed by atoms with Gasteiger partial charge in [0.25, 0.3) is 5.91 Å². The Balaban J connectivity index is 1.47. The van der Waals surface area contributed by atoms with Crippen LogP contribution in [0.3, 0.4) is 0 Å². The Bertz CT molecular complexity index is 783. The Kier molecular flexibility index (Phi) is 6.18. The van der Waals surface area contributed by atoms with E-state index in [4.69, 9.17) is 0 Å². The Hall–Kier alpha value is -2.61. The Labute approximate surface area is 162 Å². The largest absolute Gasteiger partial charge is 0.417 e. The normalized spacial score (nSPS) is 15.5. The van der Waals surface area contributed by atoms with Crippen molar-refractivity contribution in [3.8, 4) is 0 Å². The van der Waals surface area contributed by atoms with Crippen molar-refractivity contribution >= 4 is 11.7 Å². The number of amides is 1. The fraction of sp³-hybridized carbons (Fsp3) is 0.400. The van der Waals surface area contributed by atoms with Crippen LogP contribution in [0.5, 0.6) is 0 Å². The van der Waals surface area contributed by atoms with Crippen LogP contribution < -0.4 is 15.5 Å². The van der Waals surface area contributed by atoms with Gasteiger partial charge >= 0.3 is 6.18 Å². The van der Waals surface area contributed by atoms with Crippen molar-refractivity contribution in [2.24, 2.45) is 0 Å². The lowest BCUT2D eigenvalue weighted by molar-refractivity contribution is -0.137. The molecular formula is C20H23F3N4O. The Morgan fingerprint density at radius 3 is 2.36 bits per heavy atom. The monoisotopic (exact) mass is 392 g/mol. The van der Waals surface area contributed by atoms with Gasteiger partial charge in [-0.15, -0.1) is 0 Å². The molecule has 8 heteroatoms. The molecule has 0 bridgehead atoms. The van der Waals surface area contributed by atoms with E-state index in [-0.39, 0.29) is 5.91 Å². The van der Waals surface area contributed by atoms with Crippen molar-refractivity contribution in [3.63, 3.8) is 0 Å². The summed E-state index contributed by atoms with van der Waals surface area (Å²) in [6.45, 7) is 2.19. The third kappa shape index (κ3) is 5.01. The number of carbonyl (C=O) groups is 1. The Morgan fingerprint density at radius 1 is 1.14 bits per heavy atom. The molecule has 1 saturated heterocycles. The van der Waals surface area contributed by atoms with E-state index in [1.807, 2.05) is 17.0 Å². The van der Waals surface area contributed by atoms with Crippen LogP contribution in [0.15, 0.2) is 42.6 Å². The fourth-order valence-corrected chi connectivity index (χ4v) is 3.23. The summed E-state index contributed by atoms with van der Waals surface area (Å²) in [5, 5.41) is 6.10. The average molecular weight is 392 g/mol. The molecule has 0 atom stereocenters. The van der Waals surface area contributed by atoms with Crippen LogP contribution in [0.4, 0.5) is 19.0 Å². The number of aromatic nitrogens is 1. The maximum atomic E-state index is 12.6. The minimum atomic E-state index is -4.36.